The van der Waals surface area contributed by atoms with Crippen molar-refractivity contribution in [1.82, 2.24) is 20.9 Å². The number of fused-ring (bicyclic) bond motifs is 6. The minimum absolute atomic E-state index is 0.0250. The Labute approximate surface area is 487 Å². The van der Waals surface area contributed by atoms with Crippen LogP contribution in [0.2, 0.25) is 0 Å². The predicted molar refractivity (Wildman–Crippen MR) is 316 cm³/mol. The average Bonchev–Trinajstić information content (AvgIpc) is 1.41. The largest absolute Gasteiger partial charge is 0.502 e. The summed E-state index contributed by atoms with van der Waals surface area (Å²) in [6.07, 6.45) is 18.0. The maximum atomic E-state index is 14.4. The van der Waals surface area contributed by atoms with E-state index >= 15 is 0 Å². The molecule has 4 aromatic rings. The van der Waals surface area contributed by atoms with Gasteiger partial charge in [-0.05, 0) is 131 Å². The number of imide groups is 1. The monoisotopic (exact) mass is 1130 g/mol. The molecule has 9 aliphatic rings. The Balaban J connectivity index is 0.840. The van der Waals surface area contributed by atoms with E-state index in [1.54, 1.807) is 24.1 Å². The Morgan fingerprint density at radius 3 is 2.46 bits per heavy atom. The smallest absolute Gasteiger partial charge is 0.258 e. The van der Waals surface area contributed by atoms with E-state index in [0.29, 0.717) is 77.9 Å². The van der Waals surface area contributed by atoms with E-state index in [4.69, 9.17) is 23.7 Å². The molecule has 8 N–H and O–H groups in total. The number of hydrogen-bond acceptors (Lipinski definition) is 15. The van der Waals surface area contributed by atoms with Gasteiger partial charge < -0.3 is 60.1 Å². The summed E-state index contributed by atoms with van der Waals surface area (Å²) in [5.74, 6) is 0.518. The molecule has 0 bridgehead atoms. The van der Waals surface area contributed by atoms with Crippen molar-refractivity contribution >= 4 is 23.6 Å². The molecular weight excluding hydrogens is 1050 g/mol. The number of aliphatic hydroxyl groups excluding tert-OH is 3. The van der Waals surface area contributed by atoms with Crippen LogP contribution in [-0.2, 0) is 27.8 Å². The Morgan fingerprint density at radius 2 is 1.65 bits per heavy atom. The molecule has 0 spiro atoms. The number of aliphatic hydroxyl groups is 3. The van der Waals surface area contributed by atoms with Crippen LogP contribution in [-0.4, -0.2) is 115 Å². The molecule has 4 heterocycles. The third-order valence-electron chi connectivity index (χ3n) is 21.1. The Hall–Kier alpha value is -6.14. The second kappa shape index (κ2) is 22.4. The molecule has 16 heteroatoms. The number of ether oxygens (including phenoxy) is 5. The molecule has 2 amide bonds. The fourth-order valence-electron chi connectivity index (χ4n) is 17.4. The van der Waals surface area contributed by atoms with Crippen LogP contribution in [0.3, 0.4) is 0 Å². The zero-order valence-corrected chi connectivity index (χ0v) is 48.6. The quantitative estimate of drug-likeness (QED) is 0.0366. The van der Waals surface area contributed by atoms with Gasteiger partial charge in [-0.1, -0.05) is 68.5 Å². The lowest BCUT2D eigenvalue weighted by Crippen LogP contribution is -2.64. The van der Waals surface area contributed by atoms with E-state index < -0.39 is 40.8 Å². The summed E-state index contributed by atoms with van der Waals surface area (Å²) in [7, 11) is 5.19. The molecule has 1 saturated heterocycles. The van der Waals surface area contributed by atoms with Gasteiger partial charge in [-0.15, -0.1) is 0 Å². The number of likely N-dealkylation sites (N-methyl/N-ethyl adjacent to an activating group) is 2. The summed E-state index contributed by atoms with van der Waals surface area (Å²) >= 11 is 0. The topological polar surface area (TPSA) is 213 Å². The molecule has 16 nitrogen and oxygen atoms in total. The van der Waals surface area contributed by atoms with Crippen molar-refractivity contribution in [1.29, 1.82) is 0 Å². The van der Waals surface area contributed by atoms with Gasteiger partial charge in [-0.25, -0.2) is 0 Å². The van der Waals surface area contributed by atoms with Crippen molar-refractivity contribution < 1.29 is 53.7 Å². The summed E-state index contributed by atoms with van der Waals surface area (Å²) in [6, 6.07) is 16.1. The highest BCUT2D eigenvalue weighted by Gasteiger charge is 2.61. The Bertz CT molecular complexity index is 3250. The molecule has 3 saturated carbocycles. The second-order valence-electron chi connectivity index (χ2n) is 25.4. The summed E-state index contributed by atoms with van der Waals surface area (Å²) in [5.41, 5.74) is 7.10. The van der Waals surface area contributed by atoms with Gasteiger partial charge in [0.1, 0.15) is 23.9 Å². The third-order valence-corrected chi connectivity index (χ3v) is 21.1. The second-order valence-corrected chi connectivity index (χ2v) is 25.4. The van der Waals surface area contributed by atoms with Crippen LogP contribution in [0.4, 0.5) is 5.69 Å². The molecule has 442 valence electrons. The molecule has 5 aliphatic carbocycles. The number of aromatic hydroxyl groups is 1. The number of anilines is 1. The van der Waals surface area contributed by atoms with Crippen molar-refractivity contribution in [2.75, 3.05) is 66.0 Å². The number of methoxy groups -OCH3 is 1. The van der Waals surface area contributed by atoms with Crippen LogP contribution in [0.15, 0.2) is 66.3 Å². The van der Waals surface area contributed by atoms with Crippen LogP contribution in [0, 0.1) is 23.7 Å². The molecule has 4 aromatic carbocycles. The normalized spacial score (nSPS) is 29.4. The van der Waals surface area contributed by atoms with E-state index in [-0.39, 0.29) is 66.8 Å². The molecule has 4 aliphatic heterocycles. The fraction of sp³-hybridized carbons (Fsp3) is 0.552. The molecule has 4 fully saturated rings. The molecule has 0 radical (unpaired) electrons. The maximum absolute atomic E-state index is 14.4. The van der Waals surface area contributed by atoms with Gasteiger partial charge in [0.25, 0.3) is 11.8 Å². The molecule has 83 heavy (non-hydrogen) atoms. The third kappa shape index (κ3) is 9.13. The number of carbonyl (C=O) groups excluding carboxylic acids is 2. The van der Waals surface area contributed by atoms with Gasteiger partial charge in [0.2, 0.25) is 5.75 Å². The summed E-state index contributed by atoms with van der Waals surface area (Å²) < 4.78 is 33.3. The number of carbonyl (C=O) groups is 2. The van der Waals surface area contributed by atoms with Gasteiger partial charge >= 0.3 is 0 Å². The van der Waals surface area contributed by atoms with Crippen LogP contribution in [0.1, 0.15) is 154 Å². The summed E-state index contributed by atoms with van der Waals surface area (Å²) in [4.78, 5) is 30.2. The molecular formula is C67H83N5O11. The van der Waals surface area contributed by atoms with Gasteiger partial charge in [0.05, 0.1) is 44.1 Å². The minimum Gasteiger partial charge on any atom is -0.502 e. The molecule has 13 rings (SSSR count). The number of benzene rings is 4. The van der Waals surface area contributed by atoms with Gasteiger partial charge in [-0.2, -0.15) is 0 Å². The first-order chi connectivity index (χ1) is 40.4. The van der Waals surface area contributed by atoms with Crippen LogP contribution < -0.4 is 45.0 Å². The zero-order chi connectivity index (χ0) is 57.4. The number of nitrogens with one attached hydrogen (secondary N) is 4. The summed E-state index contributed by atoms with van der Waals surface area (Å²) in [5, 5.41) is 62.6. The van der Waals surface area contributed by atoms with Crippen molar-refractivity contribution in [2.24, 2.45) is 23.7 Å². The molecule has 0 aromatic heterocycles. The lowest BCUT2D eigenvalue weighted by Gasteiger charge is -2.60. The number of hydrogen-bond donors (Lipinski definition) is 8. The van der Waals surface area contributed by atoms with E-state index in [1.165, 1.54) is 13.2 Å². The maximum Gasteiger partial charge on any atom is 0.258 e. The van der Waals surface area contributed by atoms with Crippen molar-refractivity contribution in [2.45, 2.75) is 151 Å². The van der Waals surface area contributed by atoms with Crippen molar-refractivity contribution in [3.8, 4) is 45.6 Å². The molecule has 10 unspecified atom stereocenters. The Morgan fingerprint density at radius 1 is 0.843 bits per heavy atom. The zero-order valence-electron chi connectivity index (χ0n) is 48.6. The van der Waals surface area contributed by atoms with Crippen molar-refractivity contribution in [3.05, 3.63) is 105 Å². The van der Waals surface area contributed by atoms with Gasteiger partial charge in [0, 0.05) is 100 Å². The lowest BCUT2D eigenvalue weighted by atomic mass is 9.47. The summed E-state index contributed by atoms with van der Waals surface area (Å²) in [6.45, 7) is 3.54. The van der Waals surface area contributed by atoms with E-state index in [1.807, 2.05) is 25.2 Å². The first-order valence-corrected chi connectivity index (χ1v) is 30.9. The van der Waals surface area contributed by atoms with Crippen molar-refractivity contribution in [3.63, 3.8) is 0 Å². The SMILES string of the molecule is CNCCOc1cc(OC23CCCCC2CCC(C)N3)c2c3c1CCc1c-3c(cc3c1C(O)C(c1cc(OC)c(O)c(OCC(CO)C45CCCC(C6(N7C(=O)C=C(CNC)C7=O)CCCCC6)C4C=Cc4ccccc45)c1)CO3)NC2O. The van der Waals surface area contributed by atoms with Gasteiger partial charge in [0.15, 0.2) is 23.5 Å². The van der Waals surface area contributed by atoms with Crippen LogP contribution in [0.25, 0.3) is 17.2 Å². The lowest BCUT2D eigenvalue weighted by molar-refractivity contribution is -0.153. The molecule has 10 atom stereocenters. The minimum atomic E-state index is -1.08. The first kappa shape index (κ1) is 56.0. The number of amides is 2. The highest BCUT2D eigenvalue weighted by atomic mass is 16.5. The van der Waals surface area contributed by atoms with E-state index in [2.05, 4.69) is 58.5 Å². The number of nitrogens with zero attached hydrogens (tertiary/aromatic N) is 1. The van der Waals surface area contributed by atoms with Gasteiger partial charge in [-0.3, -0.25) is 19.8 Å². The number of rotatable bonds is 17. The van der Waals surface area contributed by atoms with E-state index in [9.17, 15) is 30.0 Å². The number of phenolic OH excluding ortho intramolecular Hbond substituents is 1. The predicted octanol–water partition coefficient (Wildman–Crippen LogP) is 9.01. The van der Waals surface area contributed by atoms with Crippen LogP contribution >= 0.6 is 0 Å². The standard InChI is InChI=1S/C67H83N5O11/c1-38-17-19-42-14-8-11-26-67(42,71-38)83-53-33-51(80-28-27-68-2)44-20-21-45-57-50(70-63(77)60(53)59(44)57)32-52-58(45)61(75)46(37-82-52)40-29-54(79-4)62(76)55(30-40)81-36-43(35-73)66-25-12-16-48(49(66)22-18-39-13-6-7-15-47(39)66)65(23-9-5-10-24-65)72-56(74)31-41(34-69-3)64(72)78/h6-7,13,15,18,22,29-33,38,42-43,46,48-49,61,63,68-71,73,75-77H,5,8-12,14,16-17,19-21,23-28,34-37H2,1-4H3. The van der Waals surface area contributed by atoms with E-state index in [0.717, 1.165) is 129 Å². The average molecular weight is 1130 g/mol. The number of allylic oxidation sites excluding steroid dienone is 1. The highest BCUT2D eigenvalue weighted by Crippen LogP contribution is 2.62. The Kier molecular flexibility index (Phi) is 15.1. The first-order valence-electron chi connectivity index (χ1n) is 30.9. The number of piperidine rings is 1. The highest BCUT2D eigenvalue weighted by molar-refractivity contribution is 6.17. The van der Waals surface area contributed by atoms with Crippen LogP contribution in [0.5, 0.6) is 34.5 Å². The fourth-order valence-corrected chi connectivity index (χ4v) is 17.4. The number of phenols is 1.